The van der Waals surface area contributed by atoms with Gasteiger partial charge in [-0.1, -0.05) is 43.5 Å². The number of thioether (sulfide) groups is 1. The molecule has 3 rings (SSSR count). The number of nitrogens with zero attached hydrogens (tertiary/aromatic N) is 3. The van der Waals surface area contributed by atoms with Crippen LogP contribution in [-0.2, 0) is 12.7 Å². The van der Waals surface area contributed by atoms with E-state index >= 15 is 0 Å². The zero-order valence-electron chi connectivity index (χ0n) is 17.0. The number of halogens is 3. The summed E-state index contributed by atoms with van der Waals surface area (Å²) in [6.07, 6.45) is 4.15. The molecular formula is C21H29F3N4OS. The summed E-state index contributed by atoms with van der Waals surface area (Å²) in [5, 5.41) is 21.6. The second kappa shape index (κ2) is 11.0. The third-order valence-electron chi connectivity index (χ3n) is 5.35. The highest BCUT2D eigenvalue weighted by Crippen LogP contribution is 2.34. The molecule has 1 heterocycles. The van der Waals surface area contributed by atoms with Crippen molar-refractivity contribution in [3.63, 3.8) is 0 Å². The quantitative estimate of drug-likeness (QED) is 0.367. The van der Waals surface area contributed by atoms with Crippen LogP contribution in [0.4, 0.5) is 18.9 Å². The van der Waals surface area contributed by atoms with Crippen molar-refractivity contribution in [3.8, 4) is 0 Å². The number of aliphatic hydroxyl groups is 1. The number of rotatable bonds is 10. The maximum Gasteiger partial charge on any atom is 0.416 e. The monoisotopic (exact) mass is 442 g/mol. The standard InChI is InChI=1S/C21H29F3N4OS/c22-21(23,24)16-8-7-9-17(14-16)25-15-19-26-27-20(30-13-6-2-5-12-29)28(19)18-10-3-1-4-11-18/h7-9,14,18,25,29H,1-6,10-13,15H2. The second-order valence-electron chi connectivity index (χ2n) is 7.63. The molecule has 166 valence electrons. The smallest absolute Gasteiger partial charge is 0.396 e. The maximum absolute atomic E-state index is 13.0. The normalized spacial score (nSPS) is 15.5. The van der Waals surface area contributed by atoms with Crippen molar-refractivity contribution in [2.75, 3.05) is 17.7 Å². The molecule has 0 aliphatic heterocycles. The van der Waals surface area contributed by atoms with Gasteiger partial charge in [0.15, 0.2) is 11.0 Å². The molecule has 5 nitrogen and oxygen atoms in total. The van der Waals surface area contributed by atoms with Crippen molar-refractivity contribution in [2.24, 2.45) is 0 Å². The second-order valence-corrected chi connectivity index (χ2v) is 8.69. The Bertz CT molecular complexity index is 791. The summed E-state index contributed by atoms with van der Waals surface area (Å²) in [7, 11) is 0. The molecule has 0 spiro atoms. The number of anilines is 1. The zero-order chi connectivity index (χ0) is 21.4. The van der Waals surface area contributed by atoms with Gasteiger partial charge in [0.1, 0.15) is 0 Å². The highest BCUT2D eigenvalue weighted by Gasteiger charge is 2.30. The van der Waals surface area contributed by atoms with Gasteiger partial charge in [0.05, 0.1) is 12.1 Å². The summed E-state index contributed by atoms with van der Waals surface area (Å²) in [5.41, 5.74) is -0.249. The Morgan fingerprint density at radius 3 is 2.63 bits per heavy atom. The number of unbranched alkanes of at least 4 members (excludes halogenated alkanes) is 2. The van der Waals surface area contributed by atoms with Crippen molar-refractivity contribution >= 4 is 17.4 Å². The molecule has 9 heteroatoms. The van der Waals surface area contributed by atoms with E-state index in [-0.39, 0.29) is 6.61 Å². The van der Waals surface area contributed by atoms with Crippen LogP contribution in [0.2, 0.25) is 0 Å². The minimum absolute atomic E-state index is 0.217. The predicted molar refractivity (Wildman–Crippen MR) is 113 cm³/mol. The van der Waals surface area contributed by atoms with Crippen molar-refractivity contribution in [1.29, 1.82) is 0 Å². The fraction of sp³-hybridized carbons (Fsp3) is 0.619. The lowest BCUT2D eigenvalue weighted by atomic mass is 9.95. The van der Waals surface area contributed by atoms with Crippen LogP contribution in [0.25, 0.3) is 0 Å². The highest BCUT2D eigenvalue weighted by molar-refractivity contribution is 7.99. The third kappa shape index (κ3) is 6.38. The molecule has 2 aromatic rings. The molecule has 1 aromatic heterocycles. The van der Waals surface area contributed by atoms with Crippen LogP contribution in [0.1, 0.15) is 68.8 Å². The van der Waals surface area contributed by atoms with Crippen molar-refractivity contribution in [2.45, 2.75) is 75.3 Å². The summed E-state index contributed by atoms with van der Waals surface area (Å²) < 4.78 is 41.1. The molecule has 0 unspecified atom stereocenters. The maximum atomic E-state index is 13.0. The van der Waals surface area contributed by atoms with E-state index in [9.17, 15) is 13.2 Å². The number of alkyl halides is 3. The summed E-state index contributed by atoms with van der Waals surface area (Å²) in [5.74, 6) is 1.67. The van der Waals surface area contributed by atoms with Crippen LogP contribution in [0.3, 0.4) is 0 Å². The molecule has 1 saturated carbocycles. The first-order chi connectivity index (χ1) is 14.5. The van der Waals surface area contributed by atoms with E-state index in [4.69, 9.17) is 5.11 Å². The molecule has 0 atom stereocenters. The first-order valence-electron chi connectivity index (χ1n) is 10.6. The van der Waals surface area contributed by atoms with Crippen LogP contribution in [0.5, 0.6) is 0 Å². The molecule has 1 fully saturated rings. The van der Waals surface area contributed by atoms with Crippen LogP contribution in [0, 0.1) is 0 Å². The lowest BCUT2D eigenvalue weighted by molar-refractivity contribution is -0.137. The van der Waals surface area contributed by atoms with Gasteiger partial charge in [0.25, 0.3) is 0 Å². The summed E-state index contributed by atoms with van der Waals surface area (Å²) in [4.78, 5) is 0. The fourth-order valence-corrected chi connectivity index (χ4v) is 4.80. The Balaban J connectivity index is 1.70. The molecule has 1 aliphatic carbocycles. The van der Waals surface area contributed by atoms with E-state index in [2.05, 4.69) is 20.1 Å². The van der Waals surface area contributed by atoms with Gasteiger partial charge < -0.3 is 15.0 Å². The third-order valence-corrected chi connectivity index (χ3v) is 6.38. The Labute approximate surface area is 179 Å². The highest BCUT2D eigenvalue weighted by atomic mass is 32.2. The van der Waals surface area contributed by atoms with Gasteiger partial charge in [0.2, 0.25) is 0 Å². The van der Waals surface area contributed by atoms with Crippen LogP contribution in [0.15, 0.2) is 29.4 Å². The summed E-state index contributed by atoms with van der Waals surface area (Å²) in [6.45, 7) is 0.546. The van der Waals surface area contributed by atoms with E-state index in [1.165, 1.54) is 25.3 Å². The Morgan fingerprint density at radius 2 is 1.90 bits per heavy atom. The first-order valence-corrected chi connectivity index (χ1v) is 11.6. The molecule has 0 radical (unpaired) electrons. The predicted octanol–water partition coefficient (Wildman–Crippen LogP) is 5.67. The van der Waals surface area contributed by atoms with Gasteiger partial charge >= 0.3 is 6.18 Å². The van der Waals surface area contributed by atoms with Crippen LogP contribution < -0.4 is 5.32 Å². The molecule has 2 N–H and O–H groups in total. The number of nitrogens with one attached hydrogen (secondary N) is 1. The van der Waals surface area contributed by atoms with Gasteiger partial charge in [-0.3, -0.25) is 0 Å². The van der Waals surface area contributed by atoms with Gasteiger partial charge in [-0.05, 0) is 43.9 Å². The minimum Gasteiger partial charge on any atom is -0.396 e. The van der Waals surface area contributed by atoms with Crippen molar-refractivity contribution in [1.82, 2.24) is 14.8 Å². The molecule has 30 heavy (non-hydrogen) atoms. The van der Waals surface area contributed by atoms with Crippen LogP contribution in [-0.4, -0.2) is 32.2 Å². The van der Waals surface area contributed by atoms with E-state index in [0.717, 1.165) is 61.0 Å². The number of aromatic nitrogens is 3. The van der Waals surface area contributed by atoms with Crippen molar-refractivity contribution < 1.29 is 18.3 Å². The van der Waals surface area contributed by atoms with Gasteiger partial charge in [0, 0.05) is 24.1 Å². The topological polar surface area (TPSA) is 63.0 Å². The largest absolute Gasteiger partial charge is 0.416 e. The fourth-order valence-electron chi connectivity index (χ4n) is 3.77. The number of aliphatic hydroxyl groups excluding tert-OH is 1. The average Bonchev–Trinajstić information content (AvgIpc) is 3.15. The molecule has 0 saturated heterocycles. The van der Waals surface area contributed by atoms with E-state index in [1.807, 2.05) is 0 Å². The number of hydrogen-bond donors (Lipinski definition) is 2. The van der Waals surface area contributed by atoms with E-state index in [0.29, 0.717) is 18.3 Å². The Kier molecular flexibility index (Phi) is 8.44. The summed E-state index contributed by atoms with van der Waals surface area (Å²) in [6, 6.07) is 5.57. The average molecular weight is 443 g/mol. The first kappa shape index (κ1) is 22.9. The van der Waals surface area contributed by atoms with Gasteiger partial charge in [-0.15, -0.1) is 10.2 Å². The van der Waals surface area contributed by atoms with Gasteiger partial charge in [-0.2, -0.15) is 13.2 Å². The molecule has 0 bridgehead atoms. The SMILES string of the molecule is OCCCCCSc1nnc(CNc2cccc(C(F)(F)F)c2)n1C1CCCCC1. The van der Waals surface area contributed by atoms with Crippen molar-refractivity contribution in [3.05, 3.63) is 35.7 Å². The Morgan fingerprint density at radius 1 is 1.10 bits per heavy atom. The zero-order valence-corrected chi connectivity index (χ0v) is 17.8. The molecule has 1 aliphatic rings. The van der Waals surface area contributed by atoms with E-state index in [1.54, 1.807) is 17.8 Å². The van der Waals surface area contributed by atoms with Gasteiger partial charge in [-0.25, -0.2) is 0 Å². The minimum atomic E-state index is -4.36. The van der Waals surface area contributed by atoms with Crippen LogP contribution >= 0.6 is 11.8 Å². The molecular weight excluding hydrogens is 413 g/mol. The lowest BCUT2D eigenvalue weighted by Gasteiger charge is -2.25. The molecule has 1 aromatic carbocycles. The Hall–Kier alpha value is -1.74. The molecule has 0 amide bonds. The number of hydrogen-bond acceptors (Lipinski definition) is 5. The summed E-state index contributed by atoms with van der Waals surface area (Å²) >= 11 is 1.67. The lowest BCUT2D eigenvalue weighted by Crippen LogP contribution is -2.18. The number of benzene rings is 1. The van der Waals surface area contributed by atoms with E-state index < -0.39 is 11.7 Å².